The highest BCUT2D eigenvalue weighted by molar-refractivity contribution is 5.65. The SMILES string of the molecule is C1CCCCCc2c(-c3n[nH]c4c3CCCCCCCCCC4)n[nH]c2CCCC1. The summed E-state index contributed by atoms with van der Waals surface area (Å²) in [5.74, 6) is 0. The normalized spacial score (nSPS) is 20.7. The Labute approximate surface area is 183 Å². The van der Waals surface area contributed by atoms with Gasteiger partial charge < -0.3 is 0 Å². The van der Waals surface area contributed by atoms with Crippen LogP contribution in [0.5, 0.6) is 0 Å². The van der Waals surface area contributed by atoms with Gasteiger partial charge in [-0.2, -0.15) is 10.2 Å². The summed E-state index contributed by atoms with van der Waals surface area (Å²) in [4.78, 5) is 0. The quantitative estimate of drug-likeness (QED) is 0.520. The fraction of sp³-hybridized carbons (Fsp3) is 0.769. The summed E-state index contributed by atoms with van der Waals surface area (Å²) < 4.78 is 0. The van der Waals surface area contributed by atoms with Gasteiger partial charge in [-0.25, -0.2) is 0 Å². The molecular formula is C26H42N4. The molecule has 2 aromatic heterocycles. The van der Waals surface area contributed by atoms with Crippen LogP contribution in [0.4, 0.5) is 0 Å². The minimum absolute atomic E-state index is 1.15. The second kappa shape index (κ2) is 11.7. The largest absolute Gasteiger partial charge is 0.282 e. The maximum Gasteiger partial charge on any atom is 0.116 e. The third kappa shape index (κ3) is 5.76. The summed E-state index contributed by atoms with van der Waals surface area (Å²) in [5, 5.41) is 16.6. The zero-order valence-corrected chi connectivity index (χ0v) is 19.0. The molecule has 4 heteroatoms. The Morgan fingerprint density at radius 2 is 0.667 bits per heavy atom. The average Bonchev–Trinajstić information content (AvgIpc) is 3.31. The fourth-order valence-electron chi connectivity index (χ4n) is 5.47. The van der Waals surface area contributed by atoms with Crippen molar-refractivity contribution >= 4 is 0 Å². The Hall–Kier alpha value is -1.58. The van der Waals surface area contributed by atoms with Crippen LogP contribution in [0.2, 0.25) is 0 Å². The third-order valence-corrected chi connectivity index (χ3v) is 7.34. The van der Waals surface area contributed by atoms with Gasteiger partial charge in [0.15, 0.2) is 0 Å². The molecule has 0 bridgehead atoms. The van der Waals surface area contributed by atoms with E-state index in [0.29, 0.717) is 0 Å². The van der Waals surface area contributed by atoms with Crippen molar-refractivity contribution < 1.29 is 0 Å². The number of fused-ring (bicyclic) bond motifs is 2. The standard InChI is InChI=1S/C26H42N4/c1-3-7-11-15-19-23-21(17-13-9-5-1)25(29-27-23)26-22-18-14-10-6-2-4-8-12-16-20-24(22)28-30-26/h1-20H2,(H,27,29)(H,28,30). The highest BCUT2D eigenvalue weighted by atomic mass is 15.2. The van der Waals surface area contributed by atoms with Gasteiger partial charge in [0, 0.05) is 22.5 Å². The lowest BCUT2D eigenvalue weighted by atomic mass is 9.94. The van der Waals surface area contributed by atoms with Gasteiger partial charge in [0.05, 0.1) is 0 Å². The second-order valence-electron chi connectivity index (χ2n) is 9.72. The number of aromatic amines is 2. The van der Waals surface area contributed by atoms with E-state index in [1.165, 1.54) is 125 Å². The lowest BCUT2D eigenvalue weighted by Gasteiger charge is -2.10. The summed E-state index contributed by atoms with van der Waals surface area (Å²) in [6.45, 7) is 0. The summed E-state index contributed by atoms with van der Waals surface area (Å²) in [5.41, 5.74) is 8.02. The predicted molar refractivity (Wildman–Crippen MR) is 125 cm³/mol. The van der Waals surface area contributed by atoms with Crippen LogP contribution in [0.25, 0.3) is 11.4 Å². The van der Waals surface area contributed by atoms with Crippen LogP contribution >= 0.6 is 0 Å². The topological polar surface area (TPSA) is 57.4 Å². The van der Waals surface area contributed by atoms with Crippen LogP contribution in [-0.4, -0.2) is 20.4 Å². The van der Waals surface area contributed by atoms with Crippen molar-refractivity contribution in [3.05, 3.63) is 22.5 Å². The van der Waals surface area contributed by atoms with Gasteiger partial charge in [-0.15, -0.1) is 0 Å². The van der Waals surface area contributed by atoms with Crippen molar-refractivity contribution in [1.29, 1.82) is 0 Å². The molecule has 2 aliphatic rings. The van der Waals surface area contributed by atoms with Gasteiger partial charge in [0.25, 0.3) is 0 Å². The monoisotopic (exact) mass is 410 g/mol. The van der Waals surface area contributed by atoms with Crippen molar-refractivity contribution in [2.75, 3.05) is 0 Å². The molecule has 4 rings (SSSR count). The smallest absolute Gasteiger partial charge is 0.116 e. The van der Waals surface area contributed by atoms with Crippen LogP contribution in [-0.2, 0) is 25.7 Å². The summed E-state index contributed by atoms with van der Waals surface area (Å²) in [7, 11) is 0. The molecule has 2 aromatic rings. The minimum Gasteiger partial charge on any atom is -0.282 e. The molecule has 166 valence electrons. The van der Waals surface area contributed by atoms with Gasteiger partial charge in [-0.1, -0.05) is 77.0 Å². The van der Waals surface area contributed by atoms with Crippen molar-refractivity contribution in [2.24, 2.45) is 0 Å². The first kappa shape index (κ1) is 21.6. The summed E-state index contributed by atoms with van der Waals surface area (Å²) in [6, 6.07) is 0. The molecule has 0 aliphatic heterocycles. The zero-order valence-electron chi connectivity index (χ0n) is 19.0. The molecule has 2 N–H and O–H groups in total. The van der Waals surface area contributed by atoms with Gasteiger partial charge >= 0.3 is 0 Å². The Morgan fingerprint density at radius 3 is 1.03 bits per heavy atom. The molecule has 0 saturated carbocycles. The molecule has 0 amide bonds. The van der Waals surface area contributed by atoms with E-state index >= 15 is 0 Å². The number of H-pyrrole nitrogens is 2. The number of hydrogen-bond donors (Lipinski definition) is 2. The fourth-order valence-corrected chi connectivity index (χ4v) is 5.47. The predicted octanol–water partition coefficient (Wildman–Crippen LogP) is 7.24. The first-order chi connectivity index (χ1) is 14.9. The number of nitrogens with one attached hydrogen (secondary N) is 2. The molecular weight excluding hydrogens is 368 g/mol. The molecule has 0 saturated heterocycles. The van der Waals surface area contributed by atoms with E-state index in [9.17, 15) is 0 Å². The Bertz CT molecular complexity index is 693. The van der Waals surface area contributed by atoms with E-state index < -0.39 is 0 Å². The minimum atomic E-state index is 1.15. The van der Waals surface area contributed by atoms with Crippen molar-refractivity contribution in [2.45, 2.75) is 128 Å². The van der Waals surface area contributed by atoms with Gasteiger partial charge in [-0.3, -0.25) is 10.2 Å². The Balaban J connectivity index is 1.58. The average molecular weight is 411 g/mol. The first-order valence-corrected chi connectivity index (χ1v) is 13.1. The highest BCUT2D eigenvalue weighted by Gasteiger charge is 2.22. The van der Waals surface area contributed by atoms with Crippen LogP contribution in [0.1, 0.15) is 125 Å². The zero-order chi connectivity index (χ0) is 20.4. The highest BCUT2D eigenvalue weighted by Crippen LogP contribution is 2.32. The third-order valence-electron chi connectivity index (χ3n) is 7.34. The summed E-state index contributed by atoms with van der Waals surface area (Å²) >= 11 is 0. The Morgan fingerprint density at radius 1 is 0.367 bits per heavy atom. The number of aryl methyl sites for hydroxylation is 2. The van der Waals surface area contributed by atoms with Crippen LogP contribution in [0.15, 0.2) is 0 Å². The molecule has 0 aromatic carbocycles. The van der Waals surface area contributed by atoms with Crippen LogP contribution in [0.3, 0.4) is 0 Å². The van der Waals surface area contributed by atoms with Crippen molar-refractivity contribution in [1.82, 2.24) is 20.4 Å². The molecule has 30 heavy (non-hydrogen) atoms. The number of rotatable bonds is 1. The molecule has 2 aliphatic carbocycles. The molecule has 0 unspecified atom stereocenters. The van der Waals surface area contributed by atoms with E-state index in [1.807, 2.05) is 0 Å². The molecule has 0 spiro atoms. The van der Waals surface area contributed by atoms with Gasteiger partial charge in [0.1, 0.15) is 11.4 Å². The van der Waals surface area contributed by atoms with Crippen molar-refractivity contribution in [3.63, 3.8) is 0 Å². The van der Waals surface area contributed by atoms with Crippen LogP contribution < -0.4 is 0 Å². The van der Waals surface area contributed by atoms with Gasteiger partial charge in [0.2, 0.25) is 0 Å². The molecule has 2 heterocycles. The van der Waals surface area contributed by atoms with E-state index in [2.05, 4.69) is 10.2 Å². The van der Waals surface area contributed by atoms with E-state index in [4.69, 9.17) is 10.2 Å². The van der Waals surface area contributed by atoms with E-state index in [0.717, 1.165) is 37.1 Å². The van der Waals surface area contributed by atoms with E-state index in [1.54, 1.807) is 0 Å². The maximum absolute atomic E-state index is 4.86. The molecule has 0 fully saturated rings. The van der Waals surface area contributed by atoms with Crippen LogP contribution in [0, 0.1) is 0 Å². The molecule has 4 nitrogen and oxygen atoms in total. The maximum atomic E-state index is 4.86. The number of nitrogens with zero attached hydrogens (tertiary/aromatic N) is 2. The lowest BCUT2D eigenvalue weighted by molar-refractivity contribution is 0.558. The molecule has 0 radical (unpaired) electrons. The Kier molecular flexibility index (Phi) is 8.45. The number of aromatic nitrogens is 4. The lowest BCUT2D eigenvalue weighted by Crippen LogP contribution is -1.99. The second-order valence-corrected chi connectivity index (χ2v) is 9.72. The first-order valence-electron chi connectivity index (χ1n) is 13.1. The van der Waals surface area contributed by atoms with Crippen molar-refractivity contribution in [3.8, 4) is 11.4 Å². The summed E-state index contributed by atoms with van der Waals surface area (Å²) in [6.07, 6.45) is 26.4. The van der Waals surface area contributed by atoms with E-state index in [-0.39, 0.29) is 0 Å². The molecule has 0 atom stereocenters. The van der Waals surface area contributed by atoms with Gasteiger partial charge in [-0.05, 0) is 51.4 Å². The number of hydrogen-bond acceptors (Lipinski definition) is 2.